The van der Waals surface area contributed by atoms with Gasteiger partial charge >= 0.3 is 0 Å². The lowest BCUT2D eigenvalue weighted by Crippen LogP contribution is -2.08. The third kappa shape index (κ3) is 3.37. The van der Waals surface area contributed by atoms with Crippen LogP contribution in [0.5, 0.6) is 0 Å². The van der Waals surface area contributed by atoms with Crippen LogP contribution in [0.25, 0.3) is 38.6 Å². The standard InChI is InChI=1S/C31H24N2/c1-32(25-12-6-3-7-13-25)27-20-21-31-29(22-27)28-14-8-9-15-30(28)33(31)26-18-16-24(17-19-26)23-10-4-2-5-11-23/h2-22H,1H3. The van der Waals surface area contributed by atoms with Gasteiger partial charge in [0.1, 0.15) is 0 Å². The van der Waals surface area contributed by atoms with E-state index in [0.29, 0.717) is 0 Å². The van der Waals surface area contributed by atoms with Crippen LogP contribution in [0.15, 0.2) is 127 Å². The van der Waals surface area contributed by atoms with Gasteiger partial charge in [0.2, 0.25) is 0 Å². The fraction of sp³-hybridized carbons (Fsp3) is 0.0323. The summed E-state index contributed by atoms with van der Waals surface area (Å²) < 4.78 is 2.37. The Kier molecular flexibility index (Phi) is 4.70. The molecule has 6 rings (SSSR count). The third-order valence-electron chi connectivity index (χ3n) is 6.42. The lowest BCUT2D eigenvalue weighted by molar-refractivity contribution is 1.17. The van der Waals surface area contributed by atoms with Crippen LogP contribution >= 0.6 is 0 Å². The average Bonchev–Trinajstić information content (AvgIpc) is 3.23. The van der Waals surface area contributed by atoms with Gasteiger partial charge in [-0.25, -0.2) is 0 Å². The summed E-state index contributed by atoms with van der Waals surface area (Å²) >= 11 is 0. The summed E-state index contributed by atoms with van der Waals surface area (Å²) in [5.74, 6) is 0. The van der Waals surface area contributed by atoms with Crippen LogP contribution in [-0.2, 0) is 0 Å². The molecule has 0 unspecified atom stereocenters. The van der Waals surface area contributed by atoms with Crippen LogP contribution in [0.4, 0.5) is 11.4 Å². The highest BCUT2D eigenvalue weighted by Gasteiger charge is 2.14. The van der Waals surface area contributed by atoms with E-state index in [1.54, 1.807) is 0 Å². The highest BCUT2D eigenvalue weighted by atomic mass is 15.1. The van der Waals surface area contributed by atoms with E-state index in [-0.39, 0.29) is 0 Å². The van der Waals surface area contributed by atoms with Crippen molar-refractivity contribution in [2.24, 2.45) is 0 Å². The molecule has 2 nitrogen and oxygen atoms in total. The smallest absolute Gasteiger partial charge is 0.0542 e. The molecule has 0 saturated carbocycles. The van der Waals surface area contributed by atoms with Crippen molar-refractivity contribution < 1.29 is 0 Å². The molecule has 1 heterocycles. The van der Waals surface area contributed by atoms with Gasteiger partial charge < -0.3 is 9.47 Å². The lowest BCUT2D eigenvalue weighted by Gasteiger charge is -2.19. The number of benzene rings is 5. The Labute approximate surface area is 194 Å². The molecule has 2 heteroatoms. The first-order valence-electron chi connectivity index (χ1n) is 11.3. The van der Waals surface area contributed by atoms with Gasteiger partial charge in [-0.1, -0.05) is 78.9 Å². The maximum atomic E-state index is 2.37. The molecule has 5 aromatic carbocycles. The minimum atomic E-state index is 1.17. The number of fused-ring (bicyclic) bond motifs is 3. The molecule has 0 aliphatic carbocycles. The number of hydrogen-bond donors (Lipinski definition) is 0. The zero-order chi connectivity index (χ0) is 22.2. The highest BCUT2D eigenvalue weighted by molar-refractivity contribution is 6.10. The SMILES string of the molecule is CN(c1ccccc1)c1ccc2c(c1)c1ccccc1n2-c1ccc(-c2ccccc2)cc1. The first-order chi connectivity index (χ1) is 16.3. The number of hydrogen-bond acceptors (Lipinski definition) is 1. The van der Waals surface area contributed by atoms with Crippen LogP contribution in [0.2, 0.25) is 0 Å². The Morgan fingerprint density at radius 3 is 1.85 bits per heavy atom. The first kappa shape index (κ1) is 19.4. The van der Waals surface area contributed by atoms with Crippen molar-refractivity contribution in [2.45, 2.75) is 0 Å². The molecule has 0 fully saturated rings. The predicted molar refractivity (Wildman–Crippen MR) is 141 cm³/mol. The fourth-order valence-electron chi connectivity index (χ4n) is 4.68. The molecular formula is C31H24N2. The second-order valence-electron chi connectivity index (χ2n) is 8.36. The molecule has 1 aromatic heterocycles. The summed E-state index contributed by atoms with van der Waals surface area (Å²) in [7, 11) is 2.12. The molecule has 0 atom stereocenters. The quantitative estimate of drug-likeness (QED) is 0.277. The molecular weight excluding hydrogens is 400 g/mol. The minimum Gasteiger partial charge on any atom is -0.345 e. The Hall–Kier alpha value is -4.30. The van der Waals surface area contributed by atoms with E-state index in [4.69, 9.17) is 0 Å². The second-order valence-corrected chi connectivity index (χ2v) is 8.36. The lowest BCUT2D eigenvalue weighted by atomic mass is 10.1. The fourth-order valence-corrected chi connectivity index (χ4v) is 4.68. The van der Waals surface area contributed by atoms with Crippen molar-refractivity contribution in [1.82, 2.24) is 4.57 Å². The van der Waals surface area contributed by atoms with Gasteiger partial charge in [-0.15, -0.1) is 0 Å². The van der Waals surface area contributed by atoms with Gasteiger partial charge in [-0.2, -0.15) is 0 Å². The normalized spacial score (nSPS) is 11.2. The zero-order valence-corrected chi connectivity index (χ0v) is 18.5. The molecule has 158 valence electrons. The molecule has 6 aromatic rings. The average molecular weight is 425 g/mol. The van der Waals surface area contributed by atoms with Crippen molar-refractivity contribution in [2.75, 3.05) is 11.9 Å². The van der Waals surface area contributed by atoms with Gasteiger partial charge in [0, 0.05) is 34.9 Å². The third-order valence-corrected chi connectivity index (χ3v) is 6.42. The molecule has 33 heavy (non-hydrogen) atoms. The molecule has 0 saturated heterocycles. The number of anilines is 2. The van der Waals surface area contributed by atoms with E-state index >= 15 is 0 Å². The van der Waals surface area contributed by atoms with Crippen LogP contribution in [0.1, 0.15) is 0 Å². The maximum Gasteiger partial charge on any atom is 0.0542 e. The van der Waals surface area contributed by atoms with Crippen LogP contribution in [0.3, 0.4) is 0 Å². The summed E-state index contributed by atoms with van der Waals surface area (Å²) in [6, 6.07) is 45.3. The van der Waals surface area contributed by atoms with E-state index < -0.39 is 0 Å². The predicted octanol–water partition coefficient (Wildman–Crippen LogP) is 8.22. The number of aromatic nitrogens is 1. The van der Waals surface area contributed by atoms with Gasteiger partial charge in [-0.3, -0.25) is 0 Å². The van der Waals surface area contributed by atoms with Gasteiger partial charge in [0.05, 0.1) is 11.0 Å². The van der Waals surface area contributed by atoms with Crippen molar-refractivity contribution >= 4 is 33.2 Å². The molecule has 0 aliphatic rings. The minimum absolute atomic E-state index is 1.17. The molecule has 0 aliphatic heterocycles. The van der Waals surface area contributed by atoms with Gasteiger partial charge in [0.25, 0.3) is 0 Å². The zero-order valence-electron chi connectivity index (χ0n) is 18.5. The molecule has 0 N–H and O–H groups in total. The Balaban J connectivity index is 1.49. The van der Waals surface area contributed by atoms with Crippen LogP contribution in [0, 0.1) is 0 Å². The van der Waals surface area contributed by atoms with Crippen molar-refractivity contribution in [3.63, 3.8) is 0 Å². The maximum absolute atomic E-state index is 2.37. The Morgan fingerprint density at radius 2 is 1.09 bits per heavy atom. The summed E-state index contributed by atoms with van der Waals surface area (Å²) in [4.78, 5) is 2.24. The van der Waals surface area contributed by atoms with Gasteiger partial charge in [0.15, 0.2) is 0 Å². The first-order valence-corrected chi connectivity index (χ1v) is 11.3. The van der Waals surface area contributed by atoms with Crippen molar-refractivity contribution in [1.29, 1.82) is 0 Å². The second kappa shape index (κ2) is 7.99. The number of para-hydroxylation sites is 2. The topological polar surface area (TPSA) is 8.17 Å². The molecule has 0 amide bonds. The summed E-state index contributed by atoms with van der Waals surface area (Å²) in [6.45, 7) is 0. The number of nitrogens with zero attached hydrogens (tertiary/aromatic N) is 2. The largest absolute Gasteiger partial charge is 0.345 e. The van der Waals surface area contributed by atoms with E-state index in [0.717, 1.165) is 0 Å². The highest BCUT2D eigenvalue weighted by Crippen LogP contribution is 2.36. The Morgan fingerprint density at radius 1 is 0.485 bits per heavy atom. The van der Waals surface area contributed by atoms with E-state index in [1.807, 2.05) is 0 Å². The molecule has 0 radical (unpaired) electrons. The Bertz CT molecular complexity index is 1550. The summed E-state index contributed by atoms with van der Waals surface area (Å²) in [5.41, 5.74) is 8.43. The van der Waals surface area contributed by atoms with Crippen molar-refractivity contribution in [3.05, 3.63) is 127 Å². The number of rotatable bonds is 4. The van der Waals surface area contributed by atoms with Crippen LogP contribution in [-0.4, -0.2) is 11.6 Å². The van der Waals surface area contributed by atoms with Gasteiger partial charge in [-0.05, 0) is 59.7 Å². The van der Waals surface area contributed by atoms with E-state index in [1.165, 1.54) is 50.0 Å². The van der Waals surface area contributed by atoms with E-state index in [9.17, 15) is 0 Å². The monoisotopic (exact) mass is 424 g/mol. The molecule has 0 bridgehead atoms. The van der Waals surface area contributed by atoms with Crippen molar-refractivity contribution in [3.8, 4) is 16.8 Å². The van der Waals surface area contributed by atoms with E-state index in [2.05, 4.69) is 144 Å². The molecule has 0 spiro atoms. The van der Waals surface area contributed by atoms with Crippen LogP contribution < -0.4 is 4.90 Å². The summed E-state index contributed by atoms with van der Waals surface area (Å²) in [5, 5.41) is 2.53. The summed E-state index contributed by atoms with van der Waals surface area (Å²) in [6.07, 6.45) is 0.